The molecule has 1 N–H and O–H groups in total. The van der Waals surface area contributed by atoms with E-state index in [2.05, 4.69) is 10.3 Å². The van der Waals surface area contributed by atoms with E-state index in [1.165, 1.54) is 0 Å². The molecule has 26 heavy (non-hydrogen) atoms. The van der Waals surface area contributed by atoms with Crippen molar-refractivity contribution in [2.24, 2.45) is 0 Å². The number of hydrogen-bond donors (Lipinski definition) is 1. The number of benzene rings is 3. The van der Waals surface area contributed by atoms with Crippen molar-refractivity contribution in [1.82, 2.24) is 4.98 Å². The number of nitrogens with zero attached hydrogens (tertiary/aromatic N) is 1. The van der Waals surface area contributed by atoms with E-state index in [4.69, 9.17) is 4.42 Å². The Morgan fingerprint density at radius 1 is 0.923 bits per heavy atom. The average molecular weight is 342 g/mol. The molecule has 0 radical (unpaired) electrons. The highest BCUT2D eigenvalue weighted by Gasteiger charge is 2.15. The first-order valence-electron chi connectivity index (χ1n) is 8.45. The van der Waals surface area contributed by atoms with Crippen LogP contribution in [0.25, 0.3) is 22.6 Å². The third-order valence-electron chi connectivity index (χ3n) is 4.23. The minimum atomic E-state index is -0.159. The van der Waals surface area contributed by atoms with Gasteiger partial charge in [-0.2, -0.15) is 0 Å². The Labute approximate surface area is 151 Å². The molecule has 1 aromatic heterocycles. The van der Waals surface area contributed by atoms with E-state index in [9.17, 15) is 4.79 Å². The fraction of sp³-hybridized carbons (Fsp3) is 0.0909. The van der Waals surface area contributed by atoms with Gasteiger partial charge in [0.1, 0.15) is 5.52 Å². The normalized spacial score (nSPS) is 10.8. The van der Waals surface area contributed by atoms with Gasteiger partial charge in [0.2, 0.25) is 5.89 Å². The SMILES string of the molecule is Cc1cccc(C(=O)Nc2ccccc2-c2nc3cc(C)ccc3o2)c1. The average Bonchev–Trinajstić information content (AvgIpc) is 3.05. The first kappa shape index (κ1) is 16.1. The number of carbonyl (C=O) groups is 1. The van der Waals surface area contributed by atoms with E-state index in [-0.39, 0.29) is 5.91 Å². The summed E-state index contributed by atoms with van der Waals surface area (Å²) in [7, 11) is 0. The third kappa shape index (κ3) is 3.09. The lowest BCUT2D eigenvalue weighted by molar-refractivity contribution is 0.102. The maximum Gasteiger partial charge on any atom is 0.255 e. The standard InChI is InChI=1S/C22H18N2O2/c1-14-6-5-7-16(12-14)21(25)23-18-9-4-3-8-17(18)22-24-19-13-15(2)10-11-20(19)26-22/h3-13H,1-2H3,(H,23,25). The molecule has 4 rings (SSSR count). The van der Waals surface area contributed by atoms with Gasteiger partial charge in [-0.05, 0) is 55.8 Å². The first-order chi connectivity index (χ1) is 12.6. The first-order valence-corrected chi connectivity index (χ1v) is 8.45. The van der Waals surface area contributed by atoms with Crippen LogP contribution in [0, 0.1) is 13.8 Å². The summed E-state index contributed by atoms with van der Waals surface area (Å²) in [6.45, 7) is 3.98. The number of para-hydroxylation sites is 1. The second kappa shape index (κ2) is 6.48. The van der Waals surface area contributed by atoms with Crippen LogP contribution >= 0.6 is 0 Å². The van der Waals surface area contributed by atoms with Gasteiger partial charge in [-0.15, -0.1) is 0 Å². The topological polar surface area (TPSA) is 55.1 Å². The Morgan fingerprint density at radius 2 is 1.73 bits per heavy atom. The van der Waals surface area contributed by atoms with Crippen LogP contribution in [0.1, 0.15) is 21.5 Å². The number of nitrogens with one attached hydrogen (secondary N) is 1. The van der Waals surface area contributed by atoms with E-state index in [0.717, 1.165) is 27.8 Å². The zero-order valence-corrected chi connectivity index (χ0v) is 14.6. The van der Waals surface area contributed by atoms with Crippen LogP contribution in [-0.4, -0.2) is 10.9 Å². The number of anilines is 1. The molecule has 1 amide bonds. The number of carbonyl (C=O) groups excluding carboxylic acids is 1. The summed E-state index contributed by atoms with van der Waals surface area (Å²) in [5.74, 6) is 0.332. The van der Waals surface area contributed by atoms with Crippen molar-refractivity contribution in [3.05, 3.63) is 83.4 Å². The second-order valence-corrected chi connectivity index (χ2v) is 6.36. The molecule has 0 saturated carbocycles. The zero-order chi connectivity index (χ0) is 18.1. The van der Waals surface area contributed by atoms with Gasteiger partial charge in [0.15, 0.2) is 5.58 Å². The number of amides is 1. The Bertz CT molecular complexity index is 1110. The Kier molecular flexibility index (Phi) is 4.01. The summed E-state index contributed by atoms with van der Waals surface area (Å²) >= 11 is 0. The molecule has 0 fully saturated rings. The largest absolute Gasteiger partial charge is 0.436 e. The smallest absolute Gasteiger partial charge is 0.255 e. The molecule has 0 bridgehead atoms. The number of fused-ring (bicyclic) bond motifs is 1. The second-order valence-electron chi connectivity index (χ2n) is 6.36. The molecule has 0 aliphatic carbocycles. The van der Waals surface area contributed by atoms with Gasteiger partial charge in [-0.3, -0.25) is 4.79 Å². The Balaban J connectivity index is 1.71. The van der Waals surface area contributed by atoms with Crippen LogP contribution in [0.2, 0.25) is 0 Å². The predicted octanol–water partition coefficient (Wildman–Crippen LogP) is 5.36. The van der Waals surface area contributed by atoms with Gasteiger partial charge in [0, 0.05) is 5.56 Å². The van der Waals surface area contributed by atoms with E-state index < -0.39 is 0 Å². The molecule has 4 nitrogen and oxygen atoms in total. The molecule has 0 aliphatic rings. The molecule has 1 heterocycles. The van der Waals surface area contributed by atoms with E-state index >= 15 is 0 Å². The summed E-state index contributed by atoms with van der Waals surface area (Å²) in [6.07, 6.45) is 0. The molecule has 0 saturated heterocycles. The van der Waals surface area contributed by atoms with Gasteiger partial charge in [-0.1, -0.05) is 35.9 Å². The molecule has 0 unspecified atom stereocenters. The molecule has 4 aromatic rings. The summed E-state index contributed by atoms with van der Waals surface area (Å²) in [4.78, 5) is 17.2. The van der Waals surface area contributed by atoms with Gasteiger partial charge >= 0.3 is 0 Å². The van der Waals surface area contributed by atoms with Crippen molar-refractivity contribution in [2.45, 2.75) is 13.8 Å². The van der Waals surface area contributed by atoms with E-state index in [1.807, 2.05) is 74.5 Å². The fourth-order valence-electron chi connectivity index (χ4n) is 2.91. The van der Waals surface area contributed by atoms with Crippen LogP contribution in [0.5, 0.6) is 0 Å². The van der Waals surface area contributed by atoms with Crippen molar-refractivity contribution >= 4 is 22.7 Å². The molecular weight excluding hydrogens is 324 g/mol. The summed E-state index contributed by atoms with van der Waals surface area (Å²) in [6, 6.07) is 20.9. The summed E-state index contributed by atoms with van der Waals surface area (Å²) < 4.78 is 5.89. The summed E-state index contributed by atoms with van der Waals surface area (Å²) in [5, 5.41) is 2.97. The molecule has 0 atom stereocenters. The number of aryl methyl sites for hydroxylation is 2. The van der Waals surface area contributed by atoms with Crippen LogP contribution < -0.4 is 5.32 Å². The van der Waals surface area contributed by atoms with Crippen molar-refractivity contribution in [3.8, 4) is 11.5 Å². The highest BCUT2D eigenvalue weighted by Crippen LogP contribution is 2.30. The van der Waals surface area contributed by atoms with Crippen molar-refractivity contribution in [2.75, 3.05) is 5.32 Å². The number of rotatable bonds is 3. The minimum Gasteiger partial charge on any atom is -0.436 e. The monoisotopic (exact) mass is 342 g/mol. The van der Waals surface area contributed by atoms with Gasteiger partial charge < -0.3 is 9.73 Å². The zero-order valence-electron chi connectivity index (χ0n) is 14.6. The lowest BCUT2D eigenvalue weighted by atomic mass is 10.1. The molecule has 3 aromatic carbocycles. The summed E-state index contributed by atoms with van der Waals surface area (Å²) in [5.41, 5.74) is 5.74. The van der Waals surface area contributed by atoms with Crippen molar-refractivity contribution < 1.29 is 9.21 Å². The van der Waals surface area contributed by atoms with Crippen LogP contribution in [0.15, 0.2) is 71.1 Å². The number of hydrogen-bond acceptors (Lipinski definition) is 3. The molecule has 128 valence electrons. The lowest BCUT2D eigenvalue weighted by Gasteiger charge is -2.09. The third-order valence-corrected chi connectivity index (χ3v) is 4.23. The number of oxazole rings is 1. The maximum atomic E-state index is 12.6. The number of aromatic nitrogens is 1. The fourth-order valence-corrected chi connectivity index (χ4v) is 2.91. The van der Waals surface area contributed by atoms with Crippen LogP contribution in [-0.2, 0) is 0 Å². The van der Waals surface area contributed by atoms with Crippen LogP contribution in [0.4, 0.5) is 5.69 Å². The highest BCUT2D eigenvalue weighted by molar-refractivity contribution is 6.06. The van der Waals surface area contributed by atoms with Crippen molar-refractivity contribution in [1.29, 1.82) is 0 Å². The minimum absolute atomic E-state index is 0.159. The molecule has 0 aliphatic heterocycles. The molecule has 0 spiro atoms. The van der Waals surface area contributed by atoms with Gasteiger partial charge in [0.25, 0.3) is 5.91 Å². The molecule has 4 heteroatoms. The highest BCUT2D eigenvalue weighted by atomic mass is 16.3. The maximum absolute atomic E-state index is 12.6. The Hall–Kier alpha value is -3.40. The van der Waals surface area contributed by atoms with Crippen LogP contribution in [0.3, 0.4) is 0 Å². The van der Waals surface area contributed by atoms with E-state index in [1.54, 1.807) is 6.07 Å². The molecular formula is C22H18N2O2. The quantitative estimate of drug-likeness (QED) is 0.545. The lowest BCUT2D eigenvalue weighted by Crippen LogP contribution is -2.12. The van der Waals surface area contributed by atoms with Gasteiger partial charge in [0.05, 0.1) is 11.3 Å². The van der Waals surface area contributed by atoms with Gasteiger partial charge in [-0.25, -0.2) is 4.98 Å². The Morgan fingerprint density at radius 3 is 2.58 bits per heavy atom. The van der Waals surface area contributed by atoms with E-state index in [0.29, 0.717) is 17.1 Å². The predicted molar refractivity (Wildman–Crippen MR) is 103 cm³/mol. The van der Waals surface area contributed by atoms with Crippen molar-refractivity contribution in [3.63, 3.8) is 0 Å².